The van der Waals surface area contributed by atoms with Gasteiger partial charge in [-0.15, -0.1) is 0 Å². The Morgan fingerprint density at radius 2 is 1.65 bits per heavy atom. The zero-order valence-electron chi connectivity index (χ0n) is 11.6. The topological polar surface area (TPSA) is 51.2 Å². The van der Waals surface area contributed by atoms with Crippen molar-refractivity contribution in [2.24, 2.45) is 11.3 Å². The molecule has 1 aromatic carbocycles. The number of benzene rings is 1. The molecule has 3 nitrogen and oxygen atoms in total. The van der Waals surface area contributed by atoms with Gasteiger partial charge in [0.05, 0.1) is 5.92 Å². The summed E-state index contributed by atoms with van der Waals surface area (Å²) in [4.78, 5) is 36.3. The molecule has 1 fully saturated rings. The second kappa shape index (κ2) is 5.60. The Labute approximate surface area is 126 Å². The molecule has 0 atom stereocenters. The van der Waals surface area contributed by atoms with Crippen LogP contribution in [0, 0.1) is 11.3 Å². The van der Waals surface area contributed by atoms with E-state index in [4.69, 9.17) is 0 Å². The minimum Gasteiger partial charge on any atom is -0.299 e. The van der Waals surface area contributed by atoms with Crippen molar-refractivity contribution in [1.29, 1.82) is 0 Å². The van der Waals surface area contributed by atoms with Crippen molar-refractivity contribution >= 4 is 33.3 Å². The van der Waals surface area contributed by atoms with E-state index in [9.17, 15) is 14.4 Å². The molecule has 0 heterocycles. The fourth-order valence-electron chi connectivity index (χ4n) is 2.60. The number of hydrogen-bond donors (Lipinski definition) is 0. The van der Waals surface area contributed by atoms with E-state index in [-0.39, 0.29) is 29.2 Å². The maximum Gasteiger partial charge on any atom is 0.164 e. The van der Waals surface area contributed by atoms with Crippen molar-refractivity contribution in [3.8, 4) is 0 Å². The Morgan fingerprint density at radius 1 is 1.15 bits per heavy atom. The van der Waals surface area contributed by atoms with Crippen LogP contribution in [0.1, 0.15) is 43.5 Å². The van der Waals surface area contributed by atoms with Crippen LogP contribution in [-0.4, -0.2) is 17.3 Å². The first kappa shape index (κ1) is 15.1. The monoisotopic (exact) mass is 336 g/mol. The summed E-state index contributed by atoms with van der Waals surface area (Å²) < 4.78 is 0.889. The molecule has 0 aromatic heterocycles. The van der Waals surface area contributed by atoms with Crippen LogP contribution in [-0.2, 0) is 9.59 Å². The molecule has 1 aliphatic carbocycles. The fourth-order valence-corrected chi connectivity index (χ4v) is 2.86. The lowest BCUT2D eigenvalue weighted by atomic mass is 9.70. The predicted molar refractivity (Wildman–Crippen MR) is 79.6 cm³/mol. The Morgan fingerprint density at radius 3 is 2.15 bits per heavy atom. The van der Waals surface area contributed by atoms with Crippen LogP contribution in [0.2, 0.25) is 0 Å². The van der Waals surface area contributed by atoms with Gasteiger partial charge in [-0.05, 0) is 17.5 Å². The zero-order chi connectivity index (χ0) is 14.9. The van der Waals surface area contributed by atoms with Gasteiger partial charge in [0.2, 0.25) is 0 Å². The Balaban J connectivity index is 2.10. The minimum absolute atomic E-state index is 0.00458. The molecule has 0 aliphatic heterocycles. The highest BCUT2D eigenvalue weighted by Crippen LogP contribution is 2.35. The molecule has 1 aromatic rings. The van der Waals surface area contributed by atoms with E-state index in [1.807, 2.05) is 13.8 Å². The lowest BCUT2D eigenvalue weighted by Crippen LogP contribution is -2.38. The summed E-state index contributed by atoms with van der Waals surface area (Å²) in [6, 6.07) is 6.96. The Kier molecular flexibility index (Phi) is 4.23. The van der Waals surface area contributed by atoms with Crippen molar-refractivity contribution in [3.05, 3.63) is 34.3 Å². The molecule has 4 heteroatoms. The number of Topliss-reactive ketones (excluding diaryl/α,β-unsaturated/α-hetero) is 3. The molecule has 106 valence electrons. The van der Waals surface area contributed by atoms with Gasteiger partial charge in [-0.2, -0.15) is 0 Å². The molecular weight excluding hydrogens is 320 g/mol. The number of rotatable bonds is 3. The molecule has 1 aliphatic rings. The van der Waals surface area contributed by atoms with Crippen LogP contribution in [0.3, 0.4) is 0 Å². The SMILES string of the molecule is CC1(C)CC(=O)C(CC(=O)c2ccc(Br)cc2)C(=O)C1. The van der Waals surface area contributed by atoms with Crippen LogP contribution < -0.4 is 0 Å². The lowest BCUT2D eigenvalue weighted by molar-refractivity contribution is -0.139. The second-order valence-corrected chi connectivity index (χ2v) is 7.05. The molecule has 20 heavy (non-hydrogen) atoms. The van der Waals surface area contributed by atoms with Crippen LogP contribution in [0.15, 0.2) is 28.7 Å². The fraction of sp³-hybridized carbons (Fsp3) is 0.438. The molecule has 0 radical (unpaired) electrons. The van der Waals surface area contributed by atoms with Gasteiger partial charge >= 0.3 is 0 Å². The molecule has 0 amide bonds. The second-order valence-electron chi connectivity index (χ2n) is 6.14. The minimum atomic E-state index is -0.751. The van der Waals surface area contributed by atoms with E-state index >= 15 is 0 Å². The molecule has 0 N–H and O–H groups in total. The van der Waals surface area contributed by atoms with Gasteiger partial charge in [-0.25, -0.2) is 0 Å². The van der Waals surface area contributed by atoms with Crippen LogP contribution in [0.4, 0.5) is 0 Å². The smallest absolute Gasteiger partial charge is 0.164 e. The summed E-state index contributed by atoms with van der Waals surface area (Å²) in [5.41, 5.74) is 0.268. The highest BCUT2D eigenvalue weighted by molar-refractivity contribution is 9.10. The summed E-state index contributed by atoms with van der Waals surface area (Å²) in [5, 5.41) is 0. The number of carbonyl (C=O) groups excluding carboxylic acids is 3. The third kappa shape index (κ3) is 3.42. The Hall–Kier alpha value is -1.29. The van der Waals surface area contributed by atoms with Gasteiger partial charge in [-0.3, -0.25) is 14.4 Å². The van der Waals surface area contributed by atoms with Crippen molar-refractivity contribution in [3.63, 3.8) is 0 Å². The first-order valence-electron chi connectivity index (χ1n) is 6.63. The molecular formula is C16H17BrO3. The van der Waals surface area contributed by atoms with E-state index in [1.54, 1.807) is 24.3 Å². The third-order valence-corrected chi connectivity index (χ3v) is 4.17. The predicted octanol–water partition coefficient (Wildman–Crippen LogP) is 3.60. The third-order valence-electron chi connectivity index (χ3n) is 3.64. The van der Waals surface area contributed by atoms with Crippen LogP contribution >= 0.6 is 15.9 Å². The number of carbonyl (C=O) groups is 3. The van der Waals surface area contributed by atoms with Crippen molar-refractivity contribution < 1.29 is 14.4 Å². The van der Waals surface area contributed by atoms with Crippen LogP contribution in [0.5, 0.6) is 0 Å². The first-order chi connectivity index (χ1) is 9.28. The summed E-state index contributed by atoms with van der Waals surface area (Å²) in [6.45, 7) is 3.82. The molecule has 0 spiro atoms. The molecule has 2 rings (SSSR count). The Bertz CT molecular complexity index is 538. The standard InChI is InChI=1S/C16H17BrO3/c1-16(2)8-14(19)12(15(20)9-16)7-13(18)10-3-5-11(17)6-4-10/h3-6,12H,7-9H2,1-2H3. The van der Waals surface area contributed by atoms with Gasteiger partial charge < -0.3 is 0 Å². The van der Waals surface area contributed by atoms with Crippen molar-refractivity contribution in [2.45, 2.75) is 33.1 Å². The maximum absolute atomic E-state index is 12.2. The lowest BCUT2D eigenvalue weighted by Gasteiger charge is -2.31. The molecule has 0 bridgehead atoms. The van der Waals surface area contributed by atoms with E-state index in [1.165, 1.54) is 0 Å². The highest BCUT2D eigenvalue weighted by atomic mass is 79.9. The largest absolute Gasteiger partial charge is 0.299 e. The average Bonchev–Trinajstić information content (AvgIpc) is 2.33. The zero-order valence-corrected chi connectivity index (χ0v) is 13.2. The van der Waals surface area contributed by atoms with Gasteiger partial charge in [0.1, 0.15) is 11.6 Å². The van der Waals surface area contributed by atoms with Gasteiger partial charge in [0.25, 0.3) is 0 Å². The molecule has 1 saturated carbocycles. The van der Waals surface area contributed by atoms with E-state index < -0.39 is 5.92 Å². The van der Waals surface area contributed by atoms with E-state index in [2.05, 4.69) is 15.9 Å². The quantitative estimate of drug-likeness (QED) is 0.626. The van der Waals surface area contributed by atoms with E-state index in [0.29, 0.717) is 18.4 Å². The number of ketones is 3. The number of hydrogen-bond acceptors (Lipinski definition) is 3. The highest BCUT2D eigenvalue weighted by Gasteiger charge is 2.40. The number of halogens is 1. The molecule has 0 saturated heterocycles. The summed E-state index contributed by atoms with van der Waals surface area (Å²) in [7, 11) is 0. The van der Waals surface area contributed by atoms with Gasteiger partial charge in [-0.1, -0.05) is 41.9 Å². The molecule has 0 unspecified atom stereocenters. The summed E-state index contributed by atoms with van der Waals surface area (Å²) in [6.07, 6.45) is 0.740. The van der Waals surface area contributed by atoms with Gasteiger partial charge in [0, 0.05) is 29.3 Å². The summed E-state index contributed by atoms with van der Waals surface area (Å²) >= 11 is 3.31. The first-order valence-corrected chi connectivity index (χ1v) is 7.42. The van der Waals surface area contributed by atoms with Crippen LogP contribution in [0.25, 0.3) is 0 Å². The average molecular weight is 337 g/mol. The maximum atomic E-state index is 12.2. The van der Waals surface area contributed by atoms with Crippen molar-refractivity contribution in [1.82, 2.24) is 0 Å². The van der Waals surface area contributed by atoms with Crippen molar-refractivity contribution in [2.75, 3.05) is 0 Å². The van der Waals surface area contributed by atoms with E-state index in [0.717, 1.165) is 4.47 Å². The van der Waals surface area contributed by atoms with Gasteiger partial charge in [0.15, 0.2) is 5.78 Å². The normalized spacial score (nSPS) is 19.1. The summed E-state index contributed by atoms with van der Waals surface area (Å²) in [5.74, 6) is -1.10.